The van der Waals surface area contributed by atoms with Gasteiger partial charge in [-0.3, -0.25) is 4.98 Å². The fourth-order valence-electron chi connectivity index (χ4n) is 1.59. The number of pyridine rings is 1. The molecule has 2 nitrogen and oxygen atoms in total. The molecule has 0 N–H and O–H groups in total. The van der Waals surface area contributed by atoms with Gasteiger partial charge < -0.3 is 4.74 Å². The van der Waals surface area contributed by atoms with Crippen molar-refractivity contribution in [1.82, 2.24) is 4.98 Å². The second-order valence-corrected chi connectivity index (χ2v) is 3.17. The lowest BCUT2D eigenvalue weighted by molar-refractivity contribution is 0.0793. The van der Waals surface area contributed by atoms with Crippen LogP contribution in [0, 0.1) is 0 Å². The van der Waals surface area contributed by atoms with E-state index in [1.165, 1.54) is 18.5 Å². The summed E-state index contributed by atoms with van der Waals surface area (Å²) < 4.78 is 5.40. The molecular weight excluding hydrogens is 150 g/mol. The Kier molecular flexibility index (Phi) is 2.37. The maximum Gasteiger partial charge on any atom is 0.0549 e. The first-order valence-corrected chi connectivity index (χ1v) is 4.45. The number of rotatable bonds is 1. The molecule has 1 aliphatic rings. The lowest BCUT2D eigenvalue weighted by Crippen LogP contribution is -2.16. The Hall–Kier alpha value is -0.890. The average Bonchev–Trinajstić information content (AvgIpc) is 2.21. The SMILES string of the molecule is c1ccc([C@H]2CCCOC2)nc1. The van der Waals surface area contributed by atoms with Crippen molar-refractivity contribution in [3.05, 3.63) is 30.1 Å². The summed E-state index contributed by atoms with van der Waals surface area (Å²) in [6.07, 6.45) is 4.24. The average molecular weight is 163 g/mol. The van der Waals surface area contributed by atoms with Crippen LogP contribution in [0.4, 0.5) is 0 Å². The van der Waals surface area contributed by atoms with E-state index in [-0.39, 0.29) is 0 Å². The van der Waals surface area contributed by atoms with E-state index >= 15 is 0 Å². The standard InChI is InChI=1S/C10H13NO/c1-2-6-11-10(5-1)9-4-3-7-12-8-9/h1-2,5-6,9H,3-4,7-8H2/t9-/m0/s1. The highest BCUT2D eigenvalue weighted by molar-refractivity contribution is 5.09. The van der Waals surface area contributed by atoms with Crippen LogP contribution < -0.4 is 0 Å². The minimum absolute atomic E-state index is 0.528. The Bertz CT molecular complexity index is 229. The largest absolute Gasteiger partial charge is 0.381 e. The summed E-state index contributed by atoms with van der Waals surface area (Å²) in [7, 11) is 0. The molecule has 1 aromatic rings. The van der Waals surface area contributed by atoms with Crippen LogP contribution in [-0.2, 0) is 4.74 Å². The van der Waals surface area contributed by atoms with Crippen molar-refractivity contribution in [3.8, 4) is 0 Å². The molecule has 2 heterocycles. The molecule has 0 radical (unpaired) electrons. The van der Waals surface area contributed by atoms with E-state index in [1.807, 2.05) is 18.3 Å². The van der Waals surface area contributed by atoms with Crippen molar-refractivity contribution in [2.45, 2.75) is 18.8 Å². The van der Waals surface area contributed by atoms with Crippen LogP contribution in [0.5, 0.6) is 0 Å². The predicted octanol–water partition coefficient (Wildman–Crippen LogP) is 1.98. The van der Waals surface area contributed by atoms with Crippen molar-refractivity contribution < 1.29 is 4.74 Å². The van der Waals surface area contributed by atoms with Crippen LogP contribution in [0.25, 0.3) is 0 Å². The first kappa shape index (κ1) is 7.74. The van der Waals surface area contributed by atoms with Crippen LogP contribution in [0.3, 0.4) is 0 Å². The molecule has 0 spiro atoms. The van der Waals surface area contributed by atoms with Crippen LogP contribution in [0.2, 0.25) is 0 Å². The number of aromatic nitrogens is 1. The van der Waals surface area contributed by atoms with Crippen molar-refractivity contribution in [2.75, 3.05) is 13.2 Å². The molecule has 1 aliphatic heterocycles. The molecule has 2 heteroatoms. The van der Waals surface area contributed by atoms with E-state index in [0.29, 0.717) is 5.92 Å². The fraction of sp³-hybridized carbons (Fsp3) is 0.500. The normalized spacial score (nSPS) is 23.8. The molecular formula is C10H13NO. The number of ether oxygens (including phenoxy) is 1. The van der Waals surface area contributed by atoms with Gasteiger partial charge in [-0.2, -0.15) is 0 Å². The molecule has 0 unspecified atom stereocenters. The zero-order valence-electron chi connectivity index (χ0n) is 7.07. The molecule has 1 atom stereocenters. The van der Waals surface area contributed by atoms with E-state index in [9.17, 15) is 0 Å². The zero-order chi connectivity index (χ0) is 8.23. The smallest absolute Gasteiger partial charge is 0.0549 e. The van der Waals surface area contributed by atoms with Gasteiger partial charge in [-0.25, -0.2) is 0 Å². The third-order valence-electron chi connectivity index (χ3n) is 2.27. The predicted molar refractivity (Wildman–Crippen MR) is 47.0 cm³/mol. The molecule has 2 rings (SSSR count). The van der Waals surface area contributed by atoms with E-state index in [0.717, 1.165) is 13.2 Å². The Labute approximate surface area is 72.6 Å². The summed E-state index contributed by atoms with van der Waals surface area (Å²) in [4.78, 5) is 4.32. The van der Waals surface area contributed by atoms with Gasteiger partial charge in [0.15, 0.2) is 0 Å². The van der Waals surface area contributed by atoms with Gasteiger partial charge >= 0.3 is 0 Å². The van der Waals surface area contributed by atoms with Crippen molar-refractivity contribution in [1.29, 1.82) is 0 Å². The van der Waals surface area contributed by atoms with Crippen LogP contribution in [0.15, 0.2) is 24.4 Å². The Balaban J connectivity index is 2.08. The maximum atomic E-state index is 5.40. The molecule has 1 saturated heterocycles. The molecule has 1 aromatic heterocycles. The van der Waals surface area contributed by atoms with Crippen molar-refractivity contribution in [2.24, 2.45) is 0 Å². The van der Waals surface area contributed by atoms with Crippen molar-refractivity contribution >= 4 is 0 Å². The Morgan fingerprint density at radius 1 is 1.42 bits per heavy atom. The number of hydrogen-bond donors (Lipinski definition) is 0. The van der Waals surface area contributed by atoms with Gasteiger partial charge in [-0.1, -0.05) is 6.07 Å². The molecule has 0 bridgehead atoms. The topological polar surface area (TPSA) is 22.1 Å². The van der Waals surface area contributed by atoms with E-state index in [2.05, 4.69) is 11.1 Å². The first-order valence-electron chi connectivity index (χ1n) is 4.45. The molecule has 0 aliphatic carbocycles. The second kappa shape index (κ2) is 3.68. The van der Waals surface area contributed by atoms with Gasteiger partial charge in [0.25, 0.3) is 0 Å². The van der Waals surface area contributed by atoms with Gasteiger partial charge in [-0.15, -0.1) is 0 Å². The first-order chi connectivity index (χ1) is 5.97. The monoisotopic (exact) mass is 163 g/mol. The molecule has 64 valence electrons. The minimum atomic E-state index is 0.528. The third kappa shape index (κ3) is 1.64. The van der Waals surface area contributed by atoms with E-state index in [4.69, 9.17) is 4.74 Å². The quantitative estimate of drug-likeness (QED) is 0.631. The number of nitrogens with zero attached hydrogens (tertiary/aromatic N) is 1. The van der Waals surface area contributed by atoms with Crippen LogP contribution >= 0.6 is 0 Å². The summed E-state index contributed by atoms with van der Waals surface area (Å²) in [6.45, 7) is 1.76. The van der Waals surface area contributed by atoms with Gasteiger partial charge in [0.05, 0.1) is 6.61 Å². The summed E-state index contributed by atoms with van der Waals surface area (Å²) in [5.74, 6) is 0.528. The fourth-order valence-corrected chi connectivity index (χ4v) is 1.59. The van der Waals surface area contributed by atoms with Crippen LogP contribution in [0.1, 0.15) is 24.5 Å². The second-order valence-electron chi connectivity index (χ2n) is 3.17. The lowest BCUT2D eigenvalue weighted by Gasteiger charge is -2.21. The van der Waals surface area contributed by atoms with Gasteiger partial charge in [0.2, 0.25) is 0 Å². The summed E-state index contributed by atoms with van der Waals surface area (Å²) >= 11 is 0. The van der Waals surface area contributed by atoms with Crippen LogP contribution in [-0.4, -0.2) is 18.2 Å². The molecule has 0 amide bonds. The zero-order valence-corrected chi connectivity index (χ0v) is 7.07. The Morgan fingerprint density at radius 3 is 3.08 bits per heavy atom. The highest BCUT2D eigenvalue weighted by Gasteiger charge is 2.16. The van der Waals surface area contributed by atoms with E-state index in [1.54, 1.807) is 0 Å². The maximum absolute atomic E-state index is 5.40. The molecule has 0 aromatic carbocycles. The number of hydrogen-bond acceptors (Lipinski definition) is 2. The highest BCUT2D eigenvalue weighted by atomic mass is 16.5. The summed E-state index contributed by atoms with van der Waals surface area (Å²) in [5.41, 5.74) is 1.18. The van der Waals surface area contributed by atoms with Gasteiger partial charge in [0, 0.05) is 24.4 Å². The minimum Gasteiger partial charge on any atom is -0.381 e. The third-order valence-corrected chi connectivity index (χ3v) is 2.27. The Morgan fingerprint density at radius 2 is 2.42 bits per heavy atom. The van der Waals surface area contributed by atoms with E-state index < -0.39 is 0 Å². The summed E-state index contributed by atoms with van der Waals surface area (Å²) in [6, 6.07) is 6.07. The van der Waals surface area contributed by atoms with Gasteiger partial charge in [-0.05, 0) is 25.0 Å². The molecule has 1 fully saturated rings. The molecule has 0 saturated carbocycles. The van der Waals surface area contributed by atoms with Gasteiger partial charge in [0.1, 0.15) is 0 Å². The van der Waals surface area contributed by atoms with Crippen molar-refractivity contribution in [3.63, 3.8) is 0 Å². The highest BCUT2D eigenvalue weighted by Crippen LogP contribution is 2.22. The lowest BCUT2D eigenvalue weighted by atomic mass is 9.98. The molecule has 12 heavy (non-hydrogen) atoms. The summed E-state index contributed by atoms with van der Waals surface area (Å²) in [5, 5.41) is 0.